The predicted molar refractivity (Wildman–Crippen MR) is 286 cm³/mol. The number of carbonyl (C=O) groups excluding carboxylic acids is 4. The van der Waals surface area contributed by atoms with E-state index in [0.717, 1.165) is 24.3 Å². The first-order valence-corrected chi connectivity index (χ1v) is 23.3. The van der Waals surface area contributed by atoms with Gasteiger partial charge in [-0.3, -0.25) is 19.2 Å². The second-order valence-corrected chi connectivity index (χ2v) is 15.1. The molecule has 12 heteroatoms. The van der Waals surface area contributed by atoms with Crippen molar-refractivity contribution < 1.29 is 129 Å². The summed E-state index contributed by atoms with van der Waals surface area (Å²) in [6, 6.07) is 70.0. The molecule has 0 fully saturated rings. The Morgan fingerprint density at radius 3 is 0.513 bits per heavy atom. The molecule has 0 amide bonds. The summed E-state index contributed by atoms with van der Waals surface area (Å²) in [4.78, 5) is 47.0. The van der Waals surface area contributed by atoms with Gasteiger partial charge >= 0.3 is 78.9 Å². The van der Waals surface area contributed by atoms with Crippen molar-refractivity contribution in [2.75, 3.05) is 13.2 Å². The van der Waals surface area contributed by atoms with Gasteiger partial charge in [0.05, 0.1) is 0 Å². The molecule has 0 saturated heterocycles. The molecule has 0 bridgehead atoms. The largest absolute Gasteiger partial charge is 3.00 e. The van der Waals surface area contributed by atoms with Crippen LogP contribution in [0.3, 0.4) is 0 Å². The molecule has 0 radical (unpaired) electrons. The van der Waals surface area contributed by atoms with E-state index in [0.29, 0.717) is 44.5 Å². The molecule has 0 aromatic heterocycles. The van der Waals surface area contributed by atoms with Gasteiger partial charge in [0, 0.05) is 35.5 Å². The Balaban J connectivity index is 0.000000485. The zero-order valence-corrected chi connectivity index (χ0v) is 46.8. The van der Waals surface area contributed by atoms with Crippen molar-refractivity contribution in [3.8, 4) is 0 Å². The molecule has 0 aliphatic heterocycles. The van der Waals surface area contributed by atoms with Gasteiger partial charge in [0.2, 0.25) is 0 Å². The third-order valence-electron chi connectivity index (χ3n) is 9.52. The van der Waals surface area contributed by atoms with Gasteiger partial charge in [-0.2, -0.15) is 0 Å². The van der Waals surface area contributed by atoms with Crippen LogP contribution in [0.2, 0.25) is 0 Å². The maximum Gasteiger partial charge on any atom is 3.00 e. The third kappa shape index (κ3) is 26.5. The van der Waals surface area contributed by atoms with E-state index in [2.05, 4.69) is 0 Å². The van der Waals surface area contributed by atoms with Crippen molar-refractivity contribution in [1.29, 1.82) is 0 Å². The Hall–Kier alpha value is -6.90. The van der Waals surface area contributed by atoms with Gasteiger partial charge in [-0.1, -0.05) is 266 Å². The van der Waals surface area contributed by atoms with Crippen molar-refractivity contribution in [2.45, 2.75) is 13.8 Å². The summed E-state index contributed by atoms with van der Waals surface area (Å²) < 4.78 is 0. The molecule has 10 nitrogen and oxygen atoms in total. The van der Waals surface area contributed by atoms with Gasteiger partial charge in [-0.05, 0) is 60.4 Å². The summed E-state index contributed by atoms with van der Waals surface area (Å²) >= 11 is 0. The van der Waals surface area contributed by atoms with Crippen molar-refractivity contribution in [3.05, 3.63) is 311 Å². The minimum absolute atomic E-state index is 0. The molecular formula is C64H56EuNaO10. The molecule has 8 aromatic carbocycles. The van der Waals surface area contributed by atoms with Gasteiger partial charge in [-0.15, -0.1) is 0 Å². The van der Waals surface area contributed by atoms with Crippen LogP contribution in [0.4, 0.5) is 0 Å². The fraction of sp³-hybridized carbons (Fsp3) is 0.0625. The number of hydrogen-bond donors (Lipinski definition) is 2. The minimum Gasteiger partial charge on any atom is -0.872 e. The van der Waals surface area contributed by atoms with Crippen LogP contribution in [0.5, 0.6) is 0 Å². The molecule has 0 heterocycles. The first-order valence-electron chi connectivity index (χ1n) is 23.3. The maximum atomic E-state index is 11.8. The normalized spacial score (nSPS) is 10.5. The Kier molecular flexibility index (Phi) is 35.7. The summed E-state index contributed by atoms with van der Waals surface area (Å²) in [7, 11) is 0. The van der Waals surface area contributed by atoms with Crippen LogP contribution in [0.1, 0.15) is 77.5 Å². The summed E-state index contributed by atoms with van der Waals surface area (Å²) in [5.41, 5.74) is 4.20. The number of carbonyl (C=O) groups is 4. The van der Waals surface area contributed by atoms with Gasteiger partial charge in [-0.25, -0.2) is 0 Å². The van der Waals surface area contributed by atoms with E-state index in [1.54, 1.807) is 208 Å². The minimum atomic E-state index is -0.264. The van der Waals surface area contributed by atoms with Crippen molar-refractivity contribution in [2.24, 2.45) is 0 Å². The smallest absolute Gasteiger partial charge is 0.872 e. The summed E-state index contributed by atoms with van der Waals surface area (Å²) in [5, 5.41) is 62.1. The first-order chi connectivity index (χ1) is 35.9. The number of ketones is 4. The SMILES string of the molecule is CCO.CCO.O=C(/C=C(\[O-])c1ccccc1)c1ccccc1.O=C(/C=C(\[O-])c1ccccc1)c1ccccc1.O=C(/C=C(\[O-])c1ccccc1)c1ccccc1.O=C(/C=C(\[O-])c1ccccc1)c1ccccc1.[Eu+3].[Na+]. The van der Waals surface area contributed by atoms with Crippen LogP contribution in [-0.4, -0.2) is 46.6 Å². The molecule has 76 heavy (non-hydrogen) atoms. The second-order valence-electron chi connectivity index (χ2n) is 15.1. The van der Waals surface area contributed by atoms with Gasteiger partial charge in [0.15, 0.2) is 23.1 Å². The molecule has 0 unspecified atom stereocenters. The molecule has 0 saturated carbocycles. The molecule has 380 valence electrons. The number of aliphatic hydroxyl groups is 2. The van der Waals surface area contributed by atoms with E-state index in [-0.39, 0.29) is 138 Å². The standard InChI is InChI=1S/4C15H12O2.2C2H6O.Eu.Na/c4*16-14(12-7-3-1-4-8-12)11-15(17)13-9-5-2-6-10-13;2*1-2-3;;/h4*1-11,16H;2*3H,2H2,1H3;;/q;;;;;;+3;+1/p-4/b4*14-11-;;;;. The average molecular weight is 1160 g/mol. The number of benzene rings is 8. The van der Waals surface area contributed by atoms with E-state index < -0.39 is 0 Å². The van der Waals surface area contributed by atoms with Crippen LogP contribution >= 0.6 is 0 Å². The van der Waals surface area contributed by atoms with E-state index in [4.69, 9.17) is 10.2 Å². The molecule has 2 N–H and O–H groups in total. The quantitative estimate of drug-likeness (QED) is 0.0625. The number of rotatable bonds is 12. The Morgan fingerprint density at radius 2 is 0.395 bits per heavy atom. The third-order valence-corrected chi connectivity index (χ3v) is 9.52. The van der Waals surface area contributed by atoms with Gasteiger partial charge < -0.3 is 30.6 Å². The predicted octanol–water partition coefficient (Wildman–Crippen LogP) is 6.08. The first kappa shape index (κ1) is 67.1. The molecule has 8 rings (SSSR count). The van der Waals surface area contributed by atoms with Crippen LogP contribution in [0, 0.1) is 49.4 Å². The number of aliphatic hydroxyl groups excluding tert-OH is 2. The van der Waals surface area contributed by atoms with E-state index in [1.165, 1.54) is 0 Å². The van der Waals surface area contributed by atoms with E-state index >= 15 is 0 Å². The second kappa shape index (κ2) is 40.4. The van der Waals surface area contributed by atoms with Crippen LogP contribution in [-0.2, 0) is 0 Å². The topological polar surface area (TPSA) is 201 Å². The zero-order valence-electron chi connectivity index (χ0n) is 42.4. The van der Waals surface area contributed by atoms with E-state index in [9.17, 15) is 39.6 Å². The monoisotopic (exact) mass is 1160 g/mol. The fourth-order valence-electron chi connectivity index (χ4n) is 5.96. The Morgan fingerprint density at radius 1 is 0.289 bits per heavy atom. The molecule has 0 aliphatic carbocycles. The van der Waals surface area contributed by atoms with Crippen molar-refractivity contribution in [3.63, 3.8) is 0 Å². The van der Waals surface area contributed by atoms with Gasteiger partial charge in [0.1, 0.15) is 0 Å². The van der Waals surface area contributed by atoms with Crippen LogP contribution < -0.4 is 50.0 Å². The Bertz CT molecular complexity index is 2580. The summed E-state index contributed by atoms with van der Waals surface area (Å²) in [5.74, 6) is -2.12. The summed E-state index contributed by atoms with van der Waals surface area (Å²) in [6.45, 7) is 3.86. The van der Waals surface area contributed by atoms with Crippen LogP contribution in [0.25, 0.3) is 23.0 Å². The van der Waals surface area contributed by atoms with Crippen molar-refractivity contribution in [1.82, 2.24) is 0 Å². The zero-order chi connectivity index (χ0) is 53.8. The van der Waals surface area contributed by atoms with Crippen molar-refractivity contribution >= 4 is 46.2 Å². The van der Waals surface area contributed by atoms with Gasteiger partial charge in [0.25, 0.3) is 0 Å². The molecule has 8 aromatic rings. The maximum absolute atomic E-state index is 11.8. The molecule has 0 spiro atoms. The summed E-state index contributed by atoms with van der Waals surface area (Å²) in [6.07, 6.45) is 4.52. The Labute approximate surface area is 508 Å². The molecule has 0 atom stereocenters. The van der Waals surface area contributed by atoms with E-state index in [1.807, 2.05) is 48.5 Å². The molecule has 0 aliphatic rings. The average Bonchev–Trinajstić information content (AvgIpc) is 3.45. The number of allylic oxidation sites excluding steroid dienone is 4. The molecular weight excluding hydrogens is 1100 g/mol. The van der Waals surface area contributed by atoms with Crippen LogP contribution in [0.15, 0.2) is 267 Å². The number of hydrogen-bond acceptors (Lipinski definition) is 10. The fourth-order valence-corrected chi connectivity index (χ4v) is 5.96.